The Labute approximate surface area is 535 Å². The molecule has 0 amide bonds. The lowest BCUT2D eigenvalue weighted by molar-refractivity contribution is -0.357. The van der Waals surface area contributed by atoms with Crippen LogP contribution in [0.3, 0.4) is 0 Å². The van der Waals surface area contributed by atoms with Gasteiger partial charge in [0.1, 0.15) is 0 Å². The van der Waals surface area contributed by atoms with Gasteiger partial charge in [-0.3, -0.25) is 0 Å². The van der Waals surface area contributed by atoms with E-state index in [4.69, 9.17) is 18.9 Å². The predicted molar refractivity (Wildman–Crippen MR) is 371 cm³/mol. The summed E-state index contributed by atoms with van der Waals surface area (Å²) in [5.74, 6) is -2.59. The first-order valence-corrected chi connectivity index (χ1v) is 31.3. The normalized spacial score (nSPS) is 14.7. The van der Waals surface area contributed by atoms with Gasteiger partial charge in [0.05, 0.1) is 31.8 Å². The van der Waals surface area contributed by atoms with Crippen LogP contribution in [-0.4, -0.2) is 26.4 Å². The zero-order chi connectivity index (χ0) is 61.8. The highest BCUT2D eigenvalue weighted by atomic mass is 16.7. The van der Waals surface area contributed by atoms with E-state index in [2.05, 4.69) is 363 Å². The summed E-state index contributed by atoms with van der Waals surface area (Å²) in [4.78, 5) is 9.15. The van der Waals surface area contributed by atoms with Crippen LogP contribution >= 0.6 is 0 Å². The first-order valence-electron chi connectivity index (χ1n) is 31.3. The van der Waals surface area contributed by atoms with Gasteiger partial charge in [0.15, 0.2) is 0 Å². The molecule has 12 aromatic rings. The van der Waals surface area contributed by atoms with Gasteiger partial charge in [0, 0.05) is 90.5 Å². The average molecular weight is 1190 g/mol. The minimum atomic E-state index is -1.30. The Morgan fingerprint density at radius 1 is 0.209 bits per heavy atom. The van der Waals surface area contributed by atoms with Gasteiger partial charge >= 0.3 is 0 Å². The molecule has 0 radical (unpaired) electrons. The van der Waals surface area contributed by atoms with Crippen molar-refractivity contribution in [2.45, 2.75) is 39.3 Å². The molecule has 448 valence electrons. The van der Waals surface area contributed by atoms with Gasteiger partial charge in [-0.15, -0.1) is 0 Å². The topological polar surface area (TPSA) is 49.9 Å². The zero-order valence-corrected chi connectivity index (χ0v) is 51.8. The lowest BCUT2D eigenvalue weighted by Crippen LogP contribution is -2.57. The van der Waals surface area contributed by atoms with E-state index in [1.807, 2.05) is 0 Å². The highest BCUT2D eigenvalue weighted by Crippen LogP contribution is 2.50. The summed E-state index contributed by atoms with van der Waals surface area (Å²) in [6.45, 7) is 9.67. The van der Waals surface area contributed by atoms with Crippen LogP contribution in [0.25, 0.3) is 0 Å². The van der Waals surface area contributed by atoms with E-state index in [-0.39, 0.29) is 26.4 Å². The van der Waals surface area contributed by atoms with Crippen LogP contribution in [-0.2, 0) is 30.5 Å². The second kappa shape index (κ2) is 25.3. The fourth-order valence-electron chi connectivity index (χ4n) is 12.8. The largest absolute Gasteiger partial charge is 0.341 e. The second-order valence-electron chi connectivity index (χ2n) is 24.1. The summed E-state index contributed by atoms with van der Waals surface area (Å²) < 4.78 is 29.7. The predicted octanol–water partition coefficient (Wildman–Crippen LogP) is 21.0. The Hall–Kier alpha value is -10.3. The summed E-state index contributed by atoms with van der Waals surface area (Å²) >= 11 is 0. The maximum Gasteiger partial charge on any atom is 0.222 e. The molecular weight excluding hydrogens is 1120 g/mol. The standard InChI is InChI=1S/C83H72N4O4/c1-61-21-17-33-77(53-61)84(69-25-9-5-10-26-69)73-45-37-65(38-46-73)82(66-39-47-74(48-40-66)85(70-27-11-6-12-28-70)78-34-18-22-62(2)54-78)88-57-81(58-89-82)59-90-83(91-60-81,67-41-49-75(50-42-67)86(71-29-13-7-14-30-71)79-35-19-23-63(3)55-79)68-43-51-76(52-44-68)87(72-31-15-8-16-32-72)80-36-20-24-64(4)56-80/h5-56H,57-60H2,1-4H3. The van der Waals surface area contributed by atoms with Crippen LogP contribution in [0.4, 0.5) is 68.2 Å². The van der Waals surface area contributed by atoms with Gasteiger partial charge in [-0.1, -0.05) is 170 Å². The van der Waals surface area contributed by atoms with Crippen molar-refractivity contribution < 1.29 is 18.9 Å². The fraction of sp³-hybridized carbons (Fsp3) is 0.133. The van der Waals surface area contributed by atoms with Gasteiger partial charge < -0.3 is 38.5 Å². The molecule has 8 heteroatoms. The van der Waals surface area contributed by atoms with E-state index in [0.29, 0.717) is 0 Å². The third-order valence-corrected chi connectivity index (χ3v) is 17.4. The third-order valence-electron chi connectivity index (χ3n) is 17.4. The molecule has 8 nitrogen and oxygen atoms in total. The zero-order valence-electron chi connectivity index (χ0n) is 51.8. The molecule has 2 saturated heterocycles. The van der Waals surface area contributed by atoms with E-state index >= 15 is 0 Å². The van der Waals surface area contributed by atoms with Gasteiger partial charge in [0.25, 0.3) is 0 Å². The summed E-state index contributed by atoms with van der Waals surface area (Å²) in [6.07, 6.45) is 0. The van der Waals surface area contributed by atoms with Crippen LogP contribution in [0.2, 0.25) is 0 Å². The van der Waals surface area contributed by atoms with Crippen molar-refractivity contribution in [3.8, 4) is 0 Å². The van der Waals surface area contributed by atoms with Crippen molar-refractivity contribution in [3.63, 3.8) is 0 Å². The molecule has 0 unspecified atom stereocenters. The highest BCUT2D eigenvalue weighted by molar-refractivity contribution is 5.81. The quantitative estimate of drug-likeness (QED) is 0.0949. The van der Waals surface area contributed by atoms with Gasteiger partial charge in [-0.2, -0.15) is 0 Å². The molecule has 0 N–H and O–H groups in total. The first-order chi connectivity index (χ1) is 44.6. The molecule has 0 bridgehead atoms. The van der Waals surface area contributed by atoms with Crippen LogP contribution in [0.5, 0.6) is 0 Å². The maximum absolute atomic E-state index is 7.43. The van der Waals surface area contributed by atoms with Crippen LogP contribution < -0.4 is 19.6 Å². The maximum atomic E-state index is 7.43. The fourth-order valence-corrected chi connectivity index (χ4v) is 12.8. The molecule has 91 heavy (non-hydrogen) atoms. The Kier molecular flexibility index (Phi) is 16.2. The second-order valence-corrected chi connectivity index (χ2v) is 24.1. The number of para-hydroxylation sites is 4. The van der Waals surface area contributed by atoms with Crippen molar-refractivity contribution in [1.82, 2.24) is 0 Å². The lowest BCUT2D eigenvalue weighted by atomic mass is 9.85. The SMILES string of the molecule is Cc1cccc(N(c2ccccc2)c2ccc(C3(c4ccc(N(c5ccccc5)c5cccc(C)c5)cc4)OCC4(CO3)COC(c3ccc(N(c5ccccc5)c5cccc(C)c5)cc3)(c3ccc(N(c5ccccc5)c5cccc(C)c5)cc3)OC4)cc2)c1. The Morgan fingerprint density at radius 3 is 0.593 bits per heavy atom. The molecule has 1 spiro atoms. The van der Waals surface area contributed by atoms with Crippen LogP contribution in [0.1, 0.15) is 44.5 Å². The molecule has 0 atom stereocenters. The number of hydrogen-bond donors (Lipinski definition) is 0. The average Bonchev–Trinajstić information content (AvgIpc) is 0.874. The minimum absolute atomic E-state index is 0.286. The molecule has 12 aromatic carbocycles. The molecular formula is C83H72N4O4. The molecule has 2 aliphatic rings. The number of rotatable bonds is 16. The Bertz CT molecular complexity index is 3840. The van der Waals surface area contributed by atoms with Crippen molar-refractivity contribution in [2.75, 3.05) is 46.0 Å². The summed E-state index contributed by atoms with van der Waals surface area (Å²) in [5.41, 5.74) is 20.1. The van der Waals surface area contributed by atoms with E-state index in [9.17, 15) is 0 Å². The summed E-state index contributed by atoms with van der Waals surface area (Å²) in [7, 11) is 0. The Balaban J connectivity index is 0.825. The van der Waals surface area contributed by atoms with Crippen molar-refractivity contribution in [1.29, 1.82) is 0 Å². The summed E-state index contributed by atoms with van der Waals surface area (Å²) in [6, 6.07) is 111. The van der Waals surface area contributed by atoms with Gasteiger partial charge in [-0.25, -0.2) is 0 Å². The lowest BCUT2D eigenvalue weighted by Gasteiger charge is -2.51. The number of benzene rings is 12. The molecule has 14 rings (SSSR count). The number of aryl methyl sites for hydroxylation is 4. The molecule has 2 fully saturated rings. The molecule has 0 aromatic heterocycles. The first kappa shape index (κ1) is 58.4. The molecule has 0 saturated carbocycles. The Morgan fingerprint density at radius 2 is 0.396 bits per heavy atom. The third kappa shape index (κ3) is 11.8. The molecule has 2 aliphatic heterocycles. The van der Waals surface area contributed by atoms with Crippen molar-refractivity contribution in [3.05, 3.63) is 360 Å². The van der Waals surface area contributed by atoms with E-state index in [0.717, 1.165) is 90.5 Å². The van der Waals surface area contributed by atoms with Crippen LogP contribution in [0.15, 0.2) is 315 Å². The monoisotopic (exact) mass is 1190 g/mol. The molecule has 2 heterocycles. The highest BCUT2D eigenvalue weighted by Gasteiger charge is 2.53. The van der Waals surface area contributed by atoms with Crippen molar-refractivity contribution >= 4 is 68.2 Å². The van der Waals surface area contributed by atoms with Gasteiger partial charge in [0.2, 0.25) is 11.6 Å². The number of ether oxygens (including phenoxy) is 4. The number of hydrogen-bond acceptors (Lipinski definition) is 8. The van der Waals surface area contributed by atoms with Gasteiger partial charge in [-0.05, 0) is 196 Å². The number of anilines is 12. The smallest absolute Gasteiger partial charge is 0.222 e. The van der Waals surface area contributed by atoms with E-state index < -0.39 is 17.0 Å². The van der Waals surface area contributed by atoms with E-state index in [1.54, 1.807) is 0 Å². The van der Waals surface area contributed by atoms with Crippen molar-refractivity contribution in [2.24, 2.45) is 5.41 Å². The van der Waals surface area contributed by atoms with E-state index in [1.165, 1.54) is 22.3 Å². The van der Waals surface area contributed by atoms with Crippen LogP contribution in [0, 0.1) is 33.1 Å². The summed E-state index contributed by atoms with van der Waals surface area (Å²) in [5, 5.41) is 0. The number of nitrogens with zero attached hydrogens (tertiary/aromatic N) is 4. The molecule has 0 aliphatic carbocycles. The minimum Gasteiger partial charge on any atom is -0.341 e.